The molecular weight excluding hydrogens is 176 g/mol. The van der Waals surface area contributed by atoms with Crippen LogP contribution in [0.4, 0.5) is 5.69 Å². The lowest BCUT2D eigenvalue weighted by molar-refractivity contribution is 0.0339. The van der Waals surface area contributed by atoms with E-state index in [1.807, 2.05) is 11.1 Å². The molecule has 2 N–H and O–H groups in total. The highest BCUT2D eigenvalue weighted by atomic mass is 16.3. The minimum absolute atomic E-state index is 0.312. The number of rotatable bonds is 0. The van der Waals surface area contributed by atoms with Crippen LogP contribution in [-0.2, 0) is 6.42 Å². The summed E-state index contributed by atoms with van der Waals surface area (Å²) in [4.78, 5) is 0. The minimum Gasteiger partial charge on any atom is -0.377 e. The Kier molecular flexibility index (Phi) is 1.75. The zero-order chi connectivity index (χ0) is 9.54. The number of aliphatic hydroxyl groups is 1. The van der Waals surface area contributed by atoms with E-state index in [0.717, 1.165) is 24.9 Å². The molecule has 0 aromatic heterocycles. The second-order valence-corrected chi connectivity index (χ2v) is 4.09. The Bertz CT molecular complexity index is 353. The smallest absolute Gasteiger partial charge is 0.124 e. The molecule has 14 heavy (non-hydrogen) atoms. The number of fused-ring (bicyclic) bond motifs is 2. The fourth-order valence-corrected chi connectivity index (χ4v) is 2.43. The zero-order valence-corrected chi connectivity index (χ0v) is 7.98. The Hall–Kier alpha value is -1.06. The van der Waals surface area contributed by atoms with Crippen LogP contribution < -0.4 is 5.43 Å². The number of aliphatic hydroxyl groups excluding tert-OH is 1. The summed E-state index contributed by atoms with van der Waals surface area (Å²) in [5, 5.41) is 11.7. The van der Waals surface area contributed by atoms with Crippen molar-refractivity contribution >= 4 is 5.69 Å². The average Bonchev–Trinajstić information content (AvgIpc) is 2.57. The van der Waals surface area contributed by atoms with E-state index >= 15 is 0 Å². The van der Waals surface area contributed by atoms with Gasteiger partial charge in [0.15, 0.2) is 0 Å². The summed E-state index contributed by atoms with van der Waals surface area (Å²) >= 11 is 0. The van der Waals surface area contributed by atoms with Crippen LogP contribution >= 0.6 is 0 Å². The first-order chi connectivity index (χ1) is 6.84. The molecular formula is C11H14N2O. The van der Waals surface area contributed by atoms with Crippen LogP contribution in [0.5, 0.6) is 0 Å². The Balaban J connectivity index is 1.95. The van der Waals surface area contributed by atoms with Gasteiger partial charge in [-0.25, -0.2) is 0 Å². The highest BCUT2D eigenvalue weighted by molar-refractivity contribution is 5.52. The molecule has 2 aliphatic heterocycles. The van der Waals surface area contributed by atoms with Crippen LogP contribution in [0.25, 0.3) is 0 Å². The van der Waals surface area contributed by atoms with Gasteiger partial charge in [0.1, 0.15) is 6.23 Å². The van der Waals surface area contributed by atoms with Gasteiger partial charge < -0.3 is 10.5 Å². The summed E-state index contributed by atoms with van der Waals surface area (Å²) in [7, 11) is 0. The molecule has 2 atom stereocenters. The topological polar surface area (TPSA) is 35.5 Å². The second-order valence-electron chi connectivity index (χ2n) is 4.09. The largest absolute Gasteiger partial charge is 0.377 e. The van der Waals surface area contributed by atoms with E-state index in [9.17, 15) is 5.11 Å². The van der Waals surface area contributed by atoms with Gasteiger partial charge in [-0.05, 0) is 30.9 Å². The van der Waals surface area contributed by atoms with Crippen LogP contribution in [0.3, 0.4) is 0 Å². The van der Waals surface area contributed by atoms with Crippen molar-refractivity contribution in [3.05, 3.63) is 29.8 Å². The lowest BCUT2D eigenvalue weighted by Gasteiger charge is -2.34. The van der Waals surface area contributed by atoms with Crippen molar-refractivity contribution in [2.24, 2.45) is 0 Å². The number of hydrogen-bond acceptors (Lipinski definition) is 3. The number of nitrogens with zero attached hydrogens (tertiary/aromatic N) is 1. The van der Waals surface area contributed by atoms with Gasteiger partial charge >= 0.3 is 0 Å². The van der Waals surface area contributed by atoms with Gasteiger partial charge in [-0.2, -0.15) is 5.01 Å². The molecule has 3 nitrogen and oxygen atoms in total. The van der Waals surface area contributed by atoms with E-state index in [0.29, 0.717) is 6.04 Å². The van der Waals surface area contributed by atoms with Crippen molar-refractivity contribution < 1.29 is 5.11 Å². The van der Waals surface area contributed by atoms with E-state index in [2.05, 4.69) is 23.6 Å². The first kappa shape index (κ1) is 8.26. The van der Waals surface area contributed by atoms with E-state index in [-0.39, 0.29) is 6.23 Å². The quantitative estimate of drug-likeness (QED) is 0.648. The van der Waals surface area contributed by atoms with Crippen LogP contribution in [-0.4, -0.2) is 22.4 Å². The van der Waals surface area contributed by atoms with Gasteiger partial charge in [-0.15, -0.1) is 0 Å². The van der Waals surface area contributed by atoms with Gasteiger partial charge in [0.2, 0.25) is 0 Å². The Morgan fingerprint density at radius 1 is 1.29 bits per heavy atom. The van der Waals surface area contributed by atoms with Gasteiger partial charge in [0.25, 0.3) is 0 Å². The van der Waals surface area contributed by atoms with Gasteiger partial charge in [-0.1, -0.05) is 18.2 Å². The number of benzene rings is 1. The van der Waals surface area contributed by atoms with Crippen molar-refractivity contribution in [2.45, 2.75) is 31.5 Å². The molecule has 1 aromatic rings. The Morgan fingerprint density at radius 3 is 3.07 bits per heavy atom. The highest BCUT2D eigenvalue weighted by Gasteiger charge is 2.35. The fourth-order valence-electron chi connectivity index (χ4n) is 2.43. The van der Waals surface area contributed by atoms with Crippen LogP contribution in [0, 0.1) is 0 Å². The monoisotopic (exact) mass is 190 g/mol. The molecule has 74 valence electrons. The van der Waals surface area contributed by atoms with Crippen molar-refractivity contribution in [2.75, 3.05) is 5.43 Å². The van der Waals surface area contributed by atoms with Crippen LogP contribution in [0.15, 0.2) is 24.3 Å². The average molecular weight is 190 g/mol. The molecule has 1 aromatic carbocycles. The first-order valence-electron chi connectivity index (χ1n) is 5.15. The standard InChI is InChI=1S/C11H14N2O/c14-11-6-5-9-7-8-3-1-2-4-10(8)12-13(9)11/h1-4,9,11-12,14H,5-7H2. The molecule has 2 unspecified atom stereocenters. The molecule has 1 fully saturated rings. The molecule has 0 aliphatic carbocycles. The van der Waals surface area contributed by atoms with E-state index in [1.54, 1.807) is 0 Å². The lowest BCUT2D eigenvalue weighted by Crippen LogP contribution is -2.44. The molecule has 0 saturated carbocycles. The summed E-state index contributed by atoms with van der Waals surface area (Å²) in [6, 6.07) is 8.79. The molecule has 0 bridgehead atoms. The summed E-state index contributed by atoms with van der Waals surface area (Å²) in [6.07, 6.45) is 2.71. The predicted octanol–water partition coefficient (Wildman–Crippen LogP) is 1.35. The number of hydrazine groups is 1. The number of hydrogen-bond donors (Lipinski definition) is 2. The van der Waals surface area contributed by atoms with Gasteiger partial charge in [-0.3, -0.25) is 0 Å². The molecule has 2 heterocycles. The molecule has 2 aliphatic rings. The van der Waals surface area contributed by atoms with E-state index < -0.39 is 0 Å². The zero-order valence-electron chi connectivity index (χ0n) is 7.98. The molecule has 1 saturated heterocycles. The summed E-state index contributed by atoms with van der Waals surface area (Å²) < 4.78 is 0. The molecule has 0 spiro atoms. The normalized spacial score (nSPS) is 30.6. The maximum absolute atomic E-state index is 9.71. The number of para-hydroxylation sites is 1. The Labute approximate surface area is 83.3 Å². The second kappa shape index (κ2) is 2.97. The maximum atomic E-state index is 9.71. The first-order valence-corrected chi connectivity index (χ1v) is 5.15. The third kappa shape index (κ3) is 1.13. The maximum Gasteiger partial charge on any atom is 0.124 e. The predicted molar refractivity (Wildman–Crippen MR) is 54.6 cm³/mol. The van der Waals surface area contributed by atoms with Gasteiger partial charge in [0.05, 0.1) is 5.69 Å². The van der Waals surface area contributed by atoms with Gasteiger partial charge in [0, 0.05) is 6.04 Å². The van der Waals surface area contributed by atoms with Crippen molar-refractivity contribution in [3.63, 3.8) is 0 Å². The molecule has 3 rings (SSSR count). The van der Waals surface area contributed by atoms with Crippen molar-refractivity contribution in [3.8, 4) is 0 Å². The SMILES string of the molecule is OC1CCC2Cc3ccccc3NN12. The van der Waals surface area contributed by atoms with Crippen molar-refractivity contribution in [1.82, 2.24) is 5.01 Å². The van der Waals surface area contributed by atoms with E-state index in [4.69, 9.17) is 0 Å². The molecule has 3 heteroatoms. The van der Waals surface area contributed by atoms with Crippen LogP contribution in [0.2, 0.25) is 0 Å². The summed E-state index contributed by atoms with van der Waals surface area (Å²) in [6.45, 7) is 0. The Morgan fingerprint density at radius 2 is 2.14 bits per heavy atom. The molecule has 0 amide bonds. The highest BCUT2D eigenvalue weighted by Crippen LogP contribution is 2.32. The lowest BCUT2D eigenvalue weighted by atomic mass is 10.0. The van der Waals surface area contributed by atoms with Crippen molar-refractivity contribution in [1.29, 1.82) is 0 Å². The molecule has 0 radical (unpaired) electrons. The van der Waals surface area contributed by atoms with E-state index in [1.165, 1.54) is 5.56 Å². The third-order valence-corrected chi connectivity index (χ3v) is 3.20. The number of nitrogens with one attached hydrogen (secondary N) is 1. The third-order valence-electron chi connectivity index (χ3n) is 3.20. The van der Waals surface area contributed by atoms with Crippen LogP contribution in [0.1, 0.15) is 18.4 Å². The summed E-state index contributed by atoms with van der Waals surface area (Å²) in [5.41, 5.74) is 5.80. The fraction of sp³-hybridized carbons (Fsp3) is 0.455. The summed E-state index contributed by atoms with van der Waals surface area (Å²) in [5.74, 6) is 0. The minimum atomic E-state index is -0.312. The number of anilines is 1.